The Labute approximate surface area is 122 Å². The quantitative estimate of drug-likeness (QED) is 0.913. The highest BCUT2D eigenvalue weighted by Gasteiger charge is 2.29. The molecule has 0 spiro atoms. The largest absolute Gasteiger partial charge is 0.375 e. The van der Waals surface area contributed by atoms with Crippen molar-refractivity contribution < 1.29 is 4.74 Å². The molecule has 0 amide bonds. The van der Waals surface area contributed by atoms with Gasteiger partial charge in [0.15, 0.2) is 0 Å². The van der Waals surface area contributed by atoms with Crippen molar-refractivity contribution >= 4 is 0 Å². The highest BCUT2D eigenvalue weighted by atomic mass is 16.5. The molecule has 3 heteroatoms. The van der Waals surface area contributed by atoms with Crippen LogP contribution in [0.2, 0.25) is 0 Å². The summed E-state index contributed by atoms with van der Waals surface area (Å²) in [5.41, 5.74) is 2.87. The Morgan fingerprint density at radius 1 is 1.25 bits per heavy atom. The van der Waals surface area contributed by atoms with E-state index in [0.717, 1.165) is 25.7 Å². The van der Waals surface area contributed by atoms with E-state index in [1.54, 1.807) is 0 Å². The van der Waals surface area contributed by atoms with Crippen LogP contribution in [0.4, 0.5) is 0 Å². The predicted molar refractivity (Wildman–Crippen MR) is 81.7 cm³/mol. The van der Waals surface area contributed by atoms with Crippen LogP contribution in [0.1, 0.15) is 36.4 Å². The molecule has 2 heterocycles. The third kappa shape index (κ3) is 3.05. The topological polar surface area (TPSA) is 24.5 Å². The zero-order valence-corrected chi connectivity index (χ0v) is 12.5. The molecular weight excluding hydrogens is 248 g/mol. The molecule has 0 aromatic heterocycles. The Kier molecular flexibility index (Phi) is 4.71. The molecule has 1 aromatic carbocycles. The van der Waals surface area contributed by atoms with Crippen molar-refractivity contribution in [2.75, 3.05) is 33.3 Å². The van der Waals surface area contributed by atoms with Crippen molar-refractivity contribution in [1.82, 2.24) is 10.2 Å². The first-order valence-corrected chi connectivity index (χ1v) is 7.92. The third-order valence-corrected chi connectivity index (χ3v) is 4.84. The summed E-state index contributed by atoms with van der Waals surface area (Å²) >= 11 is 0. The fraction of sp³-hybridized carbons (Fsp3) is 0.647. The van der Waals surface area contributed by atoms with Crippen LogP contribution < -0.4 is 5.32 Å². The summed E-state index contributed by atoms with van der Waals surface area (Å²) in [5.74, 6) is 0.901. The predicted octanol–water partition coefficient (Wildman–Crippen LogP) is 2.58. The number of ether oxygens (including phenoxy) is 1. The van der Waals surface area contributed by atoms with Crippen molar-refractivity contribution in [3.05, 3.63) is 35.4 Å². The van der Waals surface area contributed by atoms with Crippen LogP contribution in [0.15, 0.2) is 24.3 Å². The molecule has 0 bridgehead atoms. The van der Waals surface area contributed by atoms with E-state index in [-0.39, 0.29) is 0 Å². The maximum absolute atomic E-state index is 5.80. The number of rotatable bonds is 4. The van der Waals surface area contributed by atoms with E-state index in [2.05, 4.69) is 34.5 Å². The number of nitrogens with one attached hydrogen (secondary N) is 1. The lowest BCUT2D eigenvalue weighted by Gasteiger charge is -2.40. The van der Waals surface area contributed by atoms with Gasteiger partial charge in [0.1, 0.15) is 0 Å². The highest BCUT2D eigenvalue weighted by Crippen LogP contribution is 2.32. The van der Waals surface area contributed by atoms with Crippen LogP contribution in [0.25, 0.3) is 0 Å². The molecule has 1 saturated heterocycles. The van der Waals surface area contributed by atoms with Gasteiger partial charge in [0.25, 0.3) is 0 Å². The Bertz CT molecular complexity index is 427. The van der Waals surface area contributed by atoms with E-state index >= 15 is 0 Å². The standard InChI is InChI=1S/C17H26N2O/c1-18-9-6-14-7-10-19(11-8-14)17-13-20-12-15-4-2-3-5-16(15)17/h2-5,14,17-18H,6-13H2,1H3. The molecule has 3 nitrogen and oxygen atoms in total. The van der Waals surface area contributed by atoms with Gasteiger partial charge in [-0.15, -0.1) is 0 Å². The van der Waals surface area contributed by atoms with E-state index < -0.39 is 0 Å². The fourth-order valence-corrected chi connectivity index (χ4v) is 3.56. The molecule has 0 radical (unpaired) electrons. The Morgan fingerprint density at radius 2 is 2.05 bits per heavy atom. The summed E-state index contributed by atoms with van der Waals surface area (Å²) in [6, 6.07) is 9.26. The number of hydrogen-bond donors (Lipinski definition) is 1. The van der Waals surface area contributed by atoms with E-state index in [1.807, 2.05) is 7.05 Å². The fourth-order valence-electron chi connectivity index (χ4n) is 3.56. The maximum atomic E-state index is 5.80. The lowest BCUT2D eigenvalue weighted by atomic mass is 9.90. The lowest BCUT2D eigenvalue weighted by molar-refractivity contribution is 0.0177. The van der Waals surface area contributed by atoms with Crippen molar-refractivity contribution in [3.8, 4) is 0 Å². The zero-order chi connectivity index (χ0) is 13.8. The van der Waals surface area contributed by atoms with Crippen LogP contribution in [-0.2, 0) is 11.3 Å². The molecule has 2 aliphatic rings. The Hall–Kier alpha value is -0.900. The highest BCUT2D eigenvalue weighted by molar-refractivity contribution is 5.31. The van der Waals surface area contributed by atoms with E-state index in [1.165, 1.54) is 43.5 Å². The van der Waals surface area contributed by atoms with Crippen LogP contribution in [0.5, 0.6) is 0 Å². The molecule has 1 atom stereocenters. The third-order valence-electron chi connectivity index (χ3n) is 4.84. The summed E-state index contributed by atoms with van der Waals surface area (Å²) in [6.45, 7) is 5.23. The molecule has 110 valence electrons. The van der Waals surface area contributed by atoms with Crippen molar-refractivity contribution in [2.24, 2.45) is 5.92 Å². The number of benzene rings is 1. The second-order valence-corrected chi connectivity index (χ2v) is 6.10. The average Bonchev–Trinajstić information content (AvgIpc) is 2.53. The molecule has 1 N–H and O–H groups in total. The summed E-state index contributed by atoms with van der Waals surface area (Å²) in [4.78, 5) is 2.63. The van der Waals surface area contributed by atoms with Crippen molar-refractivity contribution in [2.45, 2.75) is 31.9 Å². The van der Waals surface area contributed by atoms with E-state index in [0.29, 0.717) is 6.04 Å². The minimum atomic E-state index is 0.477. The molecule has 3 rings (SSSR count). The zero-order valence-electron chi connectivity index (χ0n) is 12.5. The molecule has 1 unspecified atom stereocenters. The molecular formula is C17H26N2O. The SMILES string of the molecule is CNCCC1CCN(C2COCc3ccccc32)CC1. The maximum Gasteiger partial charge on any atom is 0.0721 e. The molecule has 1 aromatic rings. The summed E-state index contributed by atoms with van der Waals surface area (Å²) in [6.07, 6.45) is 3.99. The lowest BCUT2D eigenvalue weighted by Crippen LogP contribution is -2.40. The summed E-state index contributed by atoms with van der Waals surface area (Å²) in [5, 5.41) is 3.27. The molecule has 0 saturated carbocycles. The van der Waals surface area contributed by atoms with Gasteiger partial charge < -0.3 is 10.1 Å². The number of likely N-dealkylation sites (tertiary alicyclic amines) is 1. The van der Waals surface area contributed by atoms with Gasteiger partial charge in [-0.2, -0.15) is 0 Å². The first-order valence-electron chi connectivity index (χ1n) is 7.92. The molecule has 0 aliphatic carbocycles. The monoisotopic (exact) mass is 274 g/mol. The van der Waals surface area contributed by atoms with E-state index in [9.17, 15) is 0 Å². The first-order chi connectivity index (χ1) is 9.88. The molecule has 1 fully saturated rings. The Morgan fingerprint density at radius 3 is 2.85 bits per heavy atom. The van der Waals surface area contributed by atoms with Gasteiger partial charge >= 0.3 is 0 Å². The minimum Gasteiger partial charge on any atom is -0.375 e. The van der Waals surface area contributed by atoms with Crippen molar-refractivity contribution in [3.63, 3.8) is 0 Å². The van der Waals surface area contributed by atoms with Crippen LogP contribution in [0, 0.1) is 5.92 Å². The van der Waals surface area contributed by atoms with Crippen molar-refractivity contribution in [1.29, 1.82) is 0 Å². The Balaban J connectivity index is 1.62. The van der Waals surface area contributed by atoms with Gasteiger partial charge in [0, 0.05) is 0 Å². The van der Waals surface area contributed by atoms with Crippen LogP contribution >= 0.6 is 0 Å². The number of piperidine rings is 1. The second-order valence-electron chi connectivity index (χ2n) is 6.10. The summed E-state index contributed by atoms with van der Waals surface area (Å²) in [7, 11) is 2.05. The van der Waals surface area contributed by atoms with Gasteiger partial charge in [0.05, 0.1) is 19.3 Å². The van der Waals surface area contributed by atoms with Gasteiger partial charge in [-0.3, -0.25) is 4.90 Å². The van der Waals surface area contributed by atoms with Crippen LogP contribution in [0.3, 0.4) is 0 Å². The number of fused-ring (bicyclic) bond motifs is 1. The average molecular weight is 274 g/mol. The van der Waals surface area contributed by atoms with E-state index in [4.69, 9.17) is 4.74 Å². The van der Waals surface area contributed by atoms with Crippen LogP contribution in [-0.4, -0.2) is 38.2 Å². The number of hydrogen-bond acceptors (Lipinski definition) is 3. The van der Waals surface area contributed by atoms with Gasteiger partial charge in [-0.25, -0.2) is 0 Å². The summed E-state index contributed by atoms with van der Waals surface area (Å²) < 4.78 is 5.80. The van der Waals surface area contributed by atoms with Gasteiger partial charge in [-0.1, -0.05) is 24.3 Å². The first kappa shape index (κ1) is 14.1. The van der Waals surface area contributed by atoms with Gasteiger partial charge in [-0.05, 0) is 63.0 Å². The van der Waals surface area contributed by atoms with Gasteiger partial charge in [0.2, 0.25) is 0 Å². The smallest absolute Gasteiger partial charge is 0.0721 e. The minimum absolute atomic E-state index is 0.477. The molecule has 20 heavy (non-hydrogen) atoms. The second kappa shape index (κ2) is 6.70. The number of nitrogens with zero attached hydrogens (tertiary/aromatic N) is 1. The molecule has 2 aliphatic heterocycles. The normalized spacial score (nSPS) is 24.6.